The van der Waals surface area contributed by atoms with Crippen molar-refractivity contribution in [3.63, 3.8) is 0 Å². The van der Waals surface area contributed by atoms with Gasteiger partial charge < -0.3 is 5.32 Å². The maximum Gasteiger partial charge on any atom is 0.103 e. The quantitative estimate of drug-likeness (QED) is 0.901. The largest absolute Gasteiger partial charge is 0.380 e. The number of nitrogens with zero attached hydrogens (tertiary/aromatic N) is 3. The van der Waals surface area contributed by atoms with Crippen molar-refractivity contribution in [2.24, 2.45) is 0 Å². The standard InChI is InChI=1S/C15H20N4/c1-10-7-15(14(8-16)11(2)17-10)18-12-5-6-19(9-12)13-3-4-13/h7,12-13H,3-6,9H2,1-2H3,(H,17,18). The highest BCUT2D eigenvalue weighted by Gasteiger charge is 2.34. The predicted molar refractivity (Wildman–Crippen MR) is 75.0 cm³/mol. The SMILES string of the molecule is Cc1cc(NC2CCN(C3CC3)C2)c(C#N)c(C)n1. The molecule has 4 nitrogen and oxygen atoms in total. The summed E-state index contributed by atoms with van der Waals surface area (Å²) in [5.41, 5.74) is 3.43. The van der Waals surface area contributed by atoms with Gasteiger partial charge in [-0.2, -0.15) is 5.26 Å². The number of nitriles is 1. The summed E-state index contributed by atoms with van der Waals surface area (Å²) in [7, 11) is 0. The topological polar surface area (TPSA) is 52.0 Å². The molecule has 1 atom stereocenters. The van der Waals surface area contributed by atoms with E-state index in [9.17, 15) is 5.26 Å². The van der Waals surface area contributed by atoms with Crippen molar-refractivity contribution in [3.05, 3.63) is 23.0 Å². The molecule has 2 heterocycles. The van der Waals surface area contributed by atoms with Crippen LogP contribution in [0, 0.1) is 25.2 Å². The third-order valence-electron chi connectivity index (χ3n) is 4.08. The van der Waals surface area contributed by atoms with Gasteiger partial charge in [-0.05, 0) is 39.2 Å². The normalized spacial score (nSPS) is 23.3. The van der Waals surface area contributed by atoms with Crippen LogP contribution >= 0.6 is 0 Å². The van der Waals surface area contributed by atoms with Crippen LogP contribution in [0.4, 0.5) is 5.69 Å². The van der Waals surface area contributed by atoms with Gasteiger partial charge >= 0.3 is 0 Å². The number of anilines is 1. The highest BCUT2D eigenvalue weighted by Crippen LogP contribution is 2.31. The first-order valence-electron chi connectivity index (χ1n) is 7.06. The molecule has 1 aromatic heterocycles. The fraction of sp³-hybridized carbons (Fsp3) is 0.600. The number of likely N-dealkylation sites (tertiary alicyclic amines) is 1. The lowest BCUT2D eigenvalue weighted by atomic mass is 10.1. The number of aryl methyl sites for hydroxylation is 2. The number of nitrogens with one attached hydrogen (secondary N) is 1. The molecule has 1 N–H and O–H groups in total. The second-order valence-corrected chi connectivity index (χ2v) is 5.74. The van der Waals surface area contributed by atoms with Crippen LogP contribution in [0.1, 0.15) is 36.2 Å². The molecule has 0 amide bonds. The summed E-state index contributed by atoms with van der Waals surface area (Å²) in [6.07, 6.45) is 3.90. The number of pyridine rings is 1. The van der Waals surface area contributed by atoms with E-state index < -0.39 is 0 Å². The Kier molecular flexibility index (Phi) is 3.16. The van der Waals surface area contributed by atoms with Gasteiger partial charge in [0.05, 0.1) is 16.9 Å². The van der Waals surface area contributed by atoms with Crippen LogP contribution in [0.3, 0.4) is 0 Å². The van der Waals surface area contributed by atoms with Crippen LogP contribution in [0.2, 0.25) is 0 Å². The monoisotopic (exact) mass is 256 g/mol. The number of hydrogen-bond acceptors (Lipinski definition) is 4. The molecule has 0 bridgehead atoms. The Labute approximate surface area is 114 Å². The van der Waals surface area contributed by atoms with Crippen molar-refractivity contribution in [3.8, 4) is 6.07 Å². The fourth-order valence-electron chi connectivity index (χ4n) is 2.98. The Bertz CT molecular complexity index is 528. The molecule has 1 aliphatic carbocycles. The molecule has 0 aromatic carbocycles. The van der Waals surface area contributed by atoms with E-state index in [0.717, 1.165) is 29.7 Å². The minimum atomic E-state index is 0.467. The lowest BCUT2D eigenvalue weighted by Gasteiger charge is -2.18. The van der Waals surface area contributed by atoms with Gasteiger partial charge in [-0.15, -0.1) is 0 Å². The van der Waals surface area contributed by atoms with Crippen LogP contribution in [-0.2, 0) is 0 Å². The van der Waals surface area contributed by atoms with E-state index in [0.29, 0.717) is 11.6 Å². The third-order valence-corrected chi connectivity index (χ3v) is 4.08. The first kappa shape index (κ1) is 12.4. The minimum Gasteiger partial charge on any atom is -0.380 e. The predicted octanol–water partition coefficient (Wildman–Crippen LogP) is 2.22. The zero-order valence-corrected chi connectivity index (χ0v) is 11.6. The Morgan fingerprint density at radius 1 is 1.37 bits per heavy atom. The smallest absolute Gasteiger partial charge is 0.103 e. The summed E-state index contributed by atoms with van der Waals surface area (Å²) >= 11 is 0. The van der Waals surface area contributed by atoms with Crippen molar-refractivity contribution in [2.75, 3.05) is 18.4 Å². The molecule has 1 aromatic rings. The molecule has 1 saturated carbocycles. The second kappa shape index (κ2) is 4.82. The average molecular weight is 256 g/mol. The van der Waals surface area contributed by atoms with Gasteiger partial charge in [-0.1, -0.05) is 0 Å². The molecule has 2 aliphatic rings. The highest BCUT2D eigenvalue weighted by atomic mass is 15.2. The maximum atomic E-state index is 9.27. The summed E-state index contributed by atoms with van der Waals surface area (Å²) in [5, 5.41) is 12.8. The van der Waals surface area contributed by atoms with Crippen LogP contribution in [0.25, 0.3) is 0 Å². The third kappa shape index (κ3) is 2.57. The van der Waals surface area contributed by atoms with E-state index in [4.69, 9.17) is 0 Å². The molecule has 19 heavy (non-hydrogen) atoms. The summed E-state index contributed by atoms with van der Waals surface area (Å²) < 4.78 is 0. The van der Waals surface area contributed by atoms with E-state index in [1.165, 1.54) is 25.8 Å². The Morgan fingerprint density at radius 3 is 2.84 bits per heavy atom. The van der Waals surface area contributed by atoms with Crippen LogP contribution < -0.4 is 5.32 Å². The molecule has 1 unspecified atom stereocenters. The van der Waals surface area contributed by atoms with E-state index in [1.807, 2.05) is 19.9 Å². The lowest BCUT2D eigenvalue weighted by Crippen LogP contribution is -2.28. The van der Waals surface area contributed by atoms with Gasteiger partial charge in [-0.3, -0.25) is 9.88 Å². The van der Waals surface area contributed by atoms with E-state index >= 15 is 0 Å². The number of aromatic nitrogens is 1. The van der Waals surface area contributed by atoms with Gasteiger partial charge in [0.25, 0.3) is 0 Å². The van der Waals surface area contributed by atoms with Crippen LogP contribution in [0.5, 0.6) is 0 Å². The highest BCUT2D eigenvalue weighted by molar-refractivity contribution is 5.60. The molecule has 1 saturated heterocycles. The van der Waals surface area contributed by atoms with Crippen molar-refractivity contribution < 1.29 is 0 Å². The molecular weight excluding hydrogens is 236 g/mol. The van der Waals surface area contributed by atoms with E-state index in [2.05, 4.69) is 21.3 Å². The Balaban J connectivity index is 1.74. The van der Waals surface area contributed by atoms with Crippen molar-refractivity contribution in [1.29, 1.82) is 5.26 Å². The number of hydrogen-bond donors (Lipinski definition) is 1. The van der Waals surface area contributed by atoms with Gasteiger partial charge in [0.15, 0.2) is 0 Å². The van der Waals surface area contributed by atoms with E-state index in [-0.39, 0.29) is 0 Å². The van der Waals surface area contributed by atoms with Gasteiger partial charge in [0.1, 0.15) is 6.07 Å². The first-order chi connectivity index (χ1) is 9.17. The second-order valence-electron chi connectivity index (χ2n) is 5.74. The first-order valence-corrected chi connectivity index (χ1v) is 7.06. The molecule has 3 rings (SSSR count). The summed E-state index contributed by atoms with van der Waals surface area (Å²) in [6, 6.07) is 5.57. The molecule has 0 radical (unpaired) electrons. The molecule has 4 heteroatoms. The summed E-state index contributed by atoms with van der Waals surface area (Å²) in [4.78, 5) is 6.93. The number of rotatable bonds is 3. The molecule has 100 valence electrons. The summed E-state index contributed by atoms with van der Waals surface area (Å²) in [5.74, 6) is 0. The summed E-state index contributed by atoms with van der Waals surface area (Å²) in [6.45, 7) is 6.18. The zero-order valence-electron chi connectivity index (χ0n) is 11.6. The van der Waals surface area contributed by atoms with Crippen LogP contribution in [0.15, 0.2) is 6.07 Å². The zero-order chi connectivity index (χ0) is 13.4. The molecule has 0 spiro atoms. The maximum absolute atomic E-state index is 9.27. The molecular formula is C15H20N4. The average Bonchev–Trinajstić information content (AvgIpc) is 3.10. The Hall–Kier alpha value is -1.60. The molecule has 2 fully saturated rings. The van der Waals surface area contributed by atoms with Crippen molar-refractivity contribution >= 4 is 5.69 Å². The molecule has 1 aliphatic heterocycles. The lowest BCUT2D eigenvalue weighted by molar-refractivity contribution is 0.326. The van der Waals surface area contributed by atoms with Crippen molar-refractivity contribution in [1.82, 2.24) is 9.88 Å². The van der Waals surface area contributed by atoms with Crippen molar-refractivity contribution in [2.45, 2.75) is 45.2 Å². The van der Waals surface area contributed by atoms with Gasteiger partial charge in [0.2, 0.25) is 0 Å². The van der Waals surface area contributed by atoms with Gasteiger partial charge in [0, 0.05) is 30.9 Å². The fourth-order valence-corrected chi connectivity index (χ4v) is 2.98. The van der Waals surface area contributed by atoms with Gasteiger partial charge in [-0.25, -0.2) is 0 Å². The Morgan fingerprint density at radius 2 is 2.16 bits per heavy atom. The van der Waals surface area contributed by atoms with Crippen LogP contribution in [-0.4, -0.2) is 35.1 Å². The minimum absolute atomic E-state index is 0.467. The van der Waals surface area contributed by atoms with E-state index in [1.54, 1.807) is 0 Å².